The highest BCUT2D eigenvalue weighted by Gasteiger charge is 2.06. The lowest BCUT2D eigenvalue weighted by atomic mass is 9.91. The molecule has 0 aliphatic rings. The van der Waals surface area contributed by atoms with E-state index in [1.165, 1.54) is 12.0 Å². The van der Waals surface area contributed by atoms with Crippen molar-refractivity contribution >= 4 is 0 Å². The van der Waals surface area contributed by atoms with Gasteiger partial charge in [-0.25, -0.2) is 0 Å². The van der Waals surface area contributed by atoms with Gasteiger partial charge in [0.15, 0.2) is 0 Å². The predicted molar refractivity (Wildman–Crippen MR) is 48.1 cm³/mol. The molecule has 0 rings (SSSR count). The summed E-state index contributed by atoms with van der Waals surface area (Å²) in [4.78, 5) is 0. The Morgan fingerprint density at radius 1 is 1.30 bits per heavy atom. The molecule has 0 spiro atoms. The van der Waals surface area contributed by atoms with E-state index in [0.29, 0.717) is 5.92 Å². The summed E-state index contributed by atoms with van der Waals surface area (Å²) in [5, 5.41) is 0. The zero-order valence-electron chi connectivity index (χ0n) is 7.78. The van der Waals surface area contributed by atoms with Gasteiger partial charge in [0.1, 0.15) is 0 Å². The molecule has 0 heteroatoms. The van der Waals surface area contributed by atoms with Gasteiger partial charge < -0.3 is 0 Å². The van der Waals surface area contributed by atoms with E-state index >= 15 is 0 Å². The molecule has 0 aliphatic carbocycles. The van der Waals surface area contributed by atoms with E-state index < -0.39 is 0 Å². The molecule has 1 atom stereocenters. The Morgan fingerprint density at radius 2 is 1.80 bits per heavy atom. The lowest BCUT2D eigenvalue weighted by molar-refractivity contribution is 0.479. The highest BCUT2D eigenvalue weighted by atomic mass is 14.1. The maximum Gasteiger partial charge on any atom is -0.0232 e. The quantitative estimate of drug-likeness (QED) is 0.523. The molecule has 0 fully saturated rings. The fourth-order valence-corrected chi connectivity index (χ4v) is 1.22. The van der Waals surface area contributed by atoms with Crippen molar-refractivity contribution in [1.29, 1.82) is 0 Å². The van der Waals surface area contributed by atoms with Crippen LogP contribution < -0.4 is 0 Å². The van der Waals surface area contributed by atoms with Crippen molar-refractivity contribution in [2.75, 3.05) is 0 Å². The second kappa shape index (κ2) is 4.54. The van der Waals surface area contributed by atoms with Gasteiger partial charge in [-0.15, -0.1) is 0 Å². The van der Waals surface area contributed by atoms with Crippen LogP contribution in [0.1, 0.15) is 40.5 Å². The molecular weight excluding hydrogens is 120 g/mol. The largest absolute Gasteiger partial charge is 0.0996 e. The average Bonchev–Trinajstić information content (AvgIpc) is 1.85. The Morgan fingerprint density at radius 3 is 2.10 bits per heavy atom. The fraction of sp³-hybridized carbons (Fsp3) is 0.800. The zero-order valence-corrected chi connectivity index (χ0v) is 7.78. The predicted octanol–water partition coefficient (Wildman–Crippen LogP) is 3.63. The van der Waals surface area contributed by atoms with Crippen molar-refractivity contribution < 1.29 is 0 Å². The van der Waals surface area contributed by atoms with Gasteiger partial charge >= 0.3 is 0 Å². The summed E-state index contributed by atoms with van der Waals surface area (Å²) in [5.41, 5.74) is 1.40. The van der Waals surface area contributed by atoms with Crippen LogP contribution in [0.2, 0.25) is 0 Å². The van der Waals surface area contributed by atoms with Gasteiger partial charge in [0, 0.05) is 0 Å². The molecule has 0 saturated carbocycles. The van der Waals surface area contributed by atoms with Crippen molar-refractivity contribution in [2.45, 2.75) is 40.5 Å². The van der Waals surface area contributed by atoms with Crippen molar-refractivity contribution in [2.24, 2.45) is 11.8 Å². The van der Waals surface area contributed by atoms with E-state index in [1.807, 2.05) is 0 Å². The Hall–Kier alpha value is -0.260. The van der Waals surface area contributed by atoms with Crippen LogP contribution in [0.4, 0.5) is 0 Å². The van der Waals surface area contributed by atoms with Crippen molar-refractivity contribution in [1.82, 2.24) is 0 Å². The van der Waals surface area contributed by atoms with Gasteiger partial charge in [-0.3, -0.25) is 0 Å². The van der Waals surface area contributed by atoms with Crippen molar-refractivity contribution in [3.05, 3.63) is 12.2 Å². The summed E-state index contributed by atoms with van der Waals surface area (Å²) in [6.45, 7) is 13.0. The molecule has 0 heterocycles. The van der Waals surface area contributed by atoms with E-state index in [-0.39, 0.29) is 0 Å². The first-order chi connectivity index (χ1) is 4.57. The first-order valence-corrected chi connectivity index (χ1v) is 4.25. The molecule has 0 nitrogen and oxygen atoms in total. The van der Waals surface area contributed by atoms with Crippen LogP contribution in [-0.4, -0.2) is 0 Å². The van der Waals surface area contributed by atoms with Crippen LogP contribution in [0.5, 0.6) is 0 Å². The lowest BCUT2D eigenvalue weighted by Gasteiger charge is -2.14. The third-order valence-electron chi connectivity index (χ3n) is 1.98. The maximum absolute atomic E-state index is 4.03. The van der Waals surface area contributed by atoms with E-state index in [9.17, 15) is 0 Å². The molecule has 10 heavy (non-hydrogen) atoms. The molecule has 60 valence electrons. The fourth-order valence-electron chi connectivity index (χ4n) is 1.22. The summed E-state index contributed by atoms with van der Waals surface area (Å²) in [6, 6.07) is 0. The van der Waals surface area contributed by atoms with Crippen molar-refractivity contribution in [3.8, 4) is 0 Å². The molecule has 0 saturated heterocycles. The first-order valence-electron chi connectivity index (χ1n) is 4.25. The highest BCUT2D eigenvalue weighted by molar-refractivity contribution is 4.97. The smallest absolute Gasteiger partial charge is 0.0232 e. The highest BCUT2D eigenvalue weighted by Crippen LogP contribution is 2.19. The minimum absolute atomic E-state index is 0.713. The number of rotatable bonds is 4. The van der Waals surface area contributed by atoms with Crippen LogP contribution in [-0.2, 0) is 0 Å². The van der Waals surface area contributed by atoms with E-state index in [1.54, 1.807) is 0 Å². The number of hydrogen-bond donors (Lipinski definition) is 0. The summed E-state index contributed by atoms with van der Waals surface area (Å²) in [7, 11) is 0. The van der Waals surface area contributed by atoms with Crippen LogP contribution in [0.3, 0.4) is 0 Å². The van der Waals surface area contributed by atoms with Gasteiger partial charge in [-0.2, -0.15) is 0 Å². The molecule has 0 amide bonds. The van der Waals surface area contributed by atoms with E-state index in [2.05, 4.69) is 34.3 Å². The molecule has 0 aromatic heterocycles. The van der Waals surface area contributed by atoms with Crippen LogP contribution in [0.15, 0.2) is 12.2 Å². The van der Waals surface area contributed by atoms with Gasteiger partial charge in [0.2, 0.25) is 0 Å². The van der Waals surface area contributed by atoms with Crippen molar-refractivity contribution in [3.63, 3.8) is 0 Å². The van der Waals surface area contributed by atoms with Gasteiger partial charge in [0.25, 0.3) is 0 Å². The SMILES string of the molecule is C=C(CC)[C@H](C)CC(C)C. The zero-order chi connectivity index (χ0) is 8.15. The number of allylic oxidation sites excluding steroid dienone is 1. The van der Waals surface area contributed by atoms with E-state index in [0.717, 1.165) is 12.3 Å². The van der Waals surface area contributed by atoms with Crippen LogP contribution >= 0.6 is 0 Å². The first kappa shape index (κ1) is 9.74. The summed E-state index contributed by atoms with van der Waals surface area (Å²) < 4.78 is 0. The second-order valence-corrected chi connectivity index (χ2v) is 3.54. The molecule has 0 aromatic carbocycles. The molecule has 0 aliphatic heterocycles. The normalized spacial score (nSPS) is 13.7. The topological polar surface area (TPSA) is 0 Å². The molecule has 0 bridgehead atoms. The molecule has 0 aromatic rings. The monoisotopic (exact) mass is 140 g/mol. The third kappa shape index (κ3) is 3.71. The minimum Gasteiger partial charge on any atom is -0.0996 e. The Kier molecular flexibility index (Phi) is 4.42. The van der Waals surface area contributed by atoms with Gasteiger partial charge in [-0.1, -0.05) is 39.8 Å². The Bertz CT molecular complexity index is 101. The standard InChI is InChI=1S/C10H20/c1-6-9(4)10(5)7-8(2)3/h8,10H,4,6-7H2,1-3,5H3/t10-/m1/s1. The molecule has 0 unspecified atom stereocenters. The van der Waals surface area contributed by atoms with Crippen LogP contribution in [0.25, 0.3) is 0 Å². The summed E-state index contributed by atoms with van der Waals surface area (Å²) in [6.07, 6.45) is 2.42. The summed E-state index contributed by atoms with van der Waals surface area (Å²) >= 11 is 0. The Balaban J connectivity index is 3.61. The number of hydrogen-bond acceptors (Lipinski definition) is 0. The maximum atomic E-state index is 4.03. The van der Waals surface area contributed by atoms with E-state index in [4.69, 9.17) is 0 Å². The third-order valence-corrected chi connectivity index (χ3v) is 1.98. The van der Waals surface area contributed by atoms with Gasteiger partial charge in [0.05, 0.1) is 0 Å². The van der Waals surface area contributed by atoms with Gasteiger partial charge in [-0.05, 0) is 24.7 Å². The lowest BCUT2D eigenvalue weighted by Crippen LogP contribution is -2.01. The second-order valence-electron chi connectivity index (χ2n) is 3.54. The summed E-state index contributed by atoms with van der Waals surface area (Å²) in [5.74, 6) is 1.52. The Labute approximate surface area is 65.3 Å². The average molecular weight is 140 g/mol. The molecular formula is C10H20. The minimum atomic E-state index is 0.713. The van der Waals surface area contributed by atoms with Crippen LogP contribution in [0, 0.1) is 11.8 Å². The molecule has 0 N–H and O–H groups in total. The molecule has 0 radical (unpaired) electrons.